The van der Waals surface area contributed by atoms with Gasteiger partial charge in [0.2, 0.25) is 0 Å². The molecule has 4 rings (SSSR count). The number of hydrogen-bond donors (Lipinski definition) is 1. The fraction of sp³-hybridized carbons (Fsp3) is 0.0833. The summed E-state index contributed by atoms with van der Waals surface area (Å²) >= 11 is 0. The predicted molar refractivity (Wildman–Crippen MR) is 106 cm³/mol. The van der Waals surface area contributed by atoms with Gasteiger partial charge in [0.25, 0.3) is 0 Å². The van der Waals surface area contributed by atoms with Crippen molar-refractivity contribution in [2.24, 2.45) is 5.73 Å². The van der Waals surface area contributed by atoms with Crippen molar-refractivity contribution in [1.82, 2.24) is 0 Å². The van der Waals surface area contributed by atoms with E-state index in [1.165, 1.54) is 22.3 Å². The van der Waals surface area contributed by atoms with Crippen molar-refractivity contribution in [2.75, 3.05) is 0 Å². The molecule has 1 nitrogen and oxygen atoms in total. The van der Waals surface area contributed by atoms with E-state index < -0.39 is 0 Å². The predicted octanol–water partition coefficient (Wildman–Crippen LogP) is 5.63. The van der Waals surface area contributed by atoms with Gasteiger partial charge in [0.1, 0.15) is 0 Å². The summed E-state index contributed by atoms with van der Waals surface area (Å²) in [7, 11) is 0. The Morgan fingerprint density at radius 2 is 1.16 bits per heavy atom. The van der Waals surface area contributed by atoms with Crippen LogP contribution >= 0.6 is 0 Å². The molecule has 0 spiro atoms. The van der Waals surface area contributed by atoms with Crippen LogP contribution in [0.2, 0.25) is 0 Å². The van der Waals surface area contributed by atoms with Gasteiger partial charge in [-0.25, -0.2) is 0 Å². The minimum atomic E-state index is 0.332. The second-order valence-corrected chi connectivity index (χ2v) is 6.43. The minimum absolute atomic E-state index is 0.332. The number of allylic oxidation sites excluding steroid dienone is 3. The van der Waals surface area contributed by atoms with Gasteiger partial charge in [0, 0.05) is 17.2 Å². The van der Waals surface area contributed by atoms with Crippen molar-refractivity contribution in [3.05, 3.63) is 119 Å². The summed E-state index contributed by atoms with van der Waals surface area (Å²) < 4.78 is 0. The second kappa shape index (κ2) is 6.82. The first-order valence-electron chi connectivity index (χ1n) is 8.69. The molecule has 1 aliphatic carbocycles. The van der Waals surface area contributed by atoms with Gasteiger partial charge < -0.3 is 5.73 Å². The zero-order valence-corrected chi connectivity index (χ0v) is 14.1. The van der Waals surface area contributed by atoms with Crippen LogP contribution in [0.25, 0.3) is 11.1 Å². The fourth-order valence-corrected chi connectivity index (χ4v) is 3.54. The number of benzene rings is 3. The van der Waals surface area contributed by atoms with Gasteiger partial charge in [0.15, 0.2) is 0 Å². The highest BCUT2D eigenvalue weighted by atomic mass is 14.6. The molecule has 25 heavy (non-hydrogen) atoms. The molecular formula is C24H21N. The van der Waals surface area contributed by atoms with E-state index in [9.17, 15) is 0 Å². The summed E-state index contributed by atoms with van der Waals surface area (Å²) in [5, 5.41) is 0. The first-order chi connectivity index (χ1) is 12.3. The first kappa shape index (κ1) is 15.5. The molecule has 0 aromatic heterocycles. The minimum Gasteiger partial charge on any atom is -0.398 e. The van der Waals surface area contributed by atoms with Crippen molar-refractivity contribution < 1.29 is 0 Å². The monoisotopic (exact) mass is 323 g/mol. The van der Waals surface area contributed by atoms with E-state index in [1.54, 1.807) is 0 Å². The molecule has 0 bridgehead atoms. The molecular weight excluding hydrogens is 302 g/mol. The Morgan fingerprint density at radius 1 is 0.640 bits per heavy atom. The summed E-state index contributed by atoms with van der Waals surface area (Å²) in [5.41, 5.74) is 13.6. The molecule has 1 heteroatoms. The van der Waals surface area contributed by atoms with Crippen molar-refractivity contribution in [3.63, 3.8) is 0 Å². The van der Waals surface area contributed by atoms with Gasteiger partial charge in [-0.2, -0.15) is 0 Å². The summed E-state index contributed by atoms with van der Waals surface area (Å²) in [5.74, 6) is 0.332. The molecule has 0 saturated heterocycles. The van der Waals surface area contributed by atoms with Crippen LogP contribution in [0, 0.1) is 0 Å². The maximum absolute atomic E-state index is 6.64. The smallest absolute Gasteiger partial charge is 0.0429 e. The van der Waals surface area contributed by atoms with Crippen LogP contribution in [0.1, 0.15) is 29.0 Å². The van der Waals surface area contributed by atoms with Crippen molar-refractivity contribution in [1.29, 1.82) is 0 Å². The lowest BCUT2D eigenvalue weighted by Crippen LogP contribution is -2.13. The summed E-state index contributed by atoms with van der Waals surface area (Å²) in [4.78, 5) is 0. The Hall–Kier alpha value is -3.06. The van der Waals surface area contributed by atoms with Crippen molar-refractivity contribution in [3.8, 4) is 0 Å². The molecule has 3 aromatic rings. The molecule has 0 amide bonds. The highest BCUT2D eigenvalue weighted by molar-refractivity contribution is 5.91. The molecule has 0 fully saturated rings. The van der Waals surface area contributed by atoms with Gasteiger partial charge in [-0.1, -0.05) is 97.1 Å². The zero-order chi connectivity index (χ0) is 17.1. The molecule has 122 valence electrons. The topological polar surface area (TPSA) is 26.0 Å². The largest absolute Gasteiger partial charge is 0.398 e. The molecule has 1 aliphatic rings. The average Bonchev–Trinajstić information content (AvgIpc) is 2.70. The van der Waals surface area contributed by atoms with E-state index in [0.717, 1.165) is 17.7 Å². The van der Waals surface area contributed by atoms with E-state index in [4.69, 9.17) is 5.73 Å². The third kappa shape index (κ3) is 3.14. The molecule has 2 N–H and O–H groups in total. The Morgan fingerprint density at radius 3 is 1.76 bits per heavy atom. The first-order valence-corrected chi connectivity index (χ1v) is 8.69. The van der Waals surface area contributed by atoms with Crippen LogP contribution in [0.4, 0.5) is 0 Å². The maximum Gasteiger partial charge on any atom is 0.0429 e. The molecule has 3 aromatic carbocycles. The molecule has 0 aliphatic heterocycles. The van der Waals surface area contributed by atoms with Crippen LogP contribution in [0.15, 0.2) is 103 Å². The van der Waals surface area contributed by atoms with E-state index in [1.807, 2.05) is 12.1 Å². The van der Waals surface area contributed by atoms with Gasteiger partial charge in [-0.05, 0) is 28.7 Å². The second-order valence-electron chi connectivity index (χ2n) is 6.43. The number of hydrogen-bond acceptors (Lipinski definition) is 1. The zero-order valence-electron chi connectivity index (χ0n) is 14.1. The standard InChI is InChI=1S/C24H21N/c25-24-22(19-12-6-2-7-13-19)16-21(18-10-4-1-5-11-18)17-23(24)20-14-8-3-9-15-20/h1-16,21H,17,25H2. The molecule has 0 saturated carbocycles. The SMILES string of the molecule is NC1=C(c2ccccc2)CC(c2ccccc2)C=C1c1ccccc1. The lowest BCUT2D eigenvalue weighted by molar-refractivity contribution is 0.862. The summed E-state index contributed by atoms with van der Waals surface area (Å²) in [6.07, 6.45) is 3.25. The Kier molecular flexibility index (Phi) is 4.22. The number of nitrogens with two attached hydrogens (primary N) is 1. The van der Waals surface area contributed by atoms with Crippen LogP contribution in [0.3, 0.4) is 0 Å². The lowest BCUT2D eigenvalue weighted by Gasteiger charge is -2.26. The van der Waals surface area contributed by atoms with Gasteiger partial charge in [0.05, 0.1) is 0 Å². The maximum atomic E-state index is 6.64. The van der Waals surface area contributed by atoms with Crippen LogP contribution in [0.5, 0.6) is 0 Å². The van der Waals surface area contributed by atoms with E-state index in [0.29, 0.717) is 5.92 Å². The van der Waals surface area contributed by atoms with Crippen molar-refractivity contribution >= 4 is 11.1 Å². The quantitative estimate of drug-likeness (QED) is 0.664. The van der Waals surface area contributed by atoms with Gasteiger partial charge in [-0.15, -0.1) is 0 Å². The molecule has 1 unspecified atom stereocenters. The average molecular weight is 323 g/mol. The Bertz CT molecular complexity index is 906. The third-order valence-electron chi connectivity index (χ3n) is 4.84. The normalized spacial score (nSPS) is 17.3. The van der Waals surface area contributed by atoms with E-state index in [2.05, 4.69) is 84.9 Å². The van der Waals surface area contributed by atoms with Crippen molar-refractivity contribution in [2.45, 2.75) is 12.3 Å². The highest BCUT2D eigenvalue weighted by Crippen LogP contribution is 2.41. The van der Waals surface area contributed by atoms with E-state index >= 15 is 0 Å². The Balaban J connectivity index is 1.85. The van der Waals surface area contributed by atoms with Crippen LogP contribution < -0.4 is 5.73 Å². The number of rotatable bonds is 3. The Labute approximate surface area is 149 Å². The fourth-order valence-electron chi connectivity index (χ4n) is 3.54. The van der Waals surface area contributed by atoms with Gasteiger partial charge in [-0.3, -0.25) is 0 Å². The molecule has 0 heterocycles. The van der Waals surface area contributed by atoms with Crippen LogP contribution in [-0.2, 0) is 0 Å². The summed E-state index contributed by atoms with van der Waals surface area (Å²) in [6, 6.07) is 31.6. The van der Waals surface area contributed by atoms with Gasteiger partial charge >= 0.3 is 0 Å². The highest BCUT2D eigenvalue weighted by Gasteiger charge is 2.23. The lowest BCUT2D eigenvalue weighted by atomic mass is 9.79. The molecule has 1 atom stereocenters. The summed E-state index contributed by atoms with van der Waals surface area (Å²) in [6.45, 7) is 0. The van der Waals surface area contributed by atoms with E-state index in [-0.39, 0.29) is 0 Å². The third-order valence-corrected chi connectivity index (χ3v) is 4.84. The van der Waals surface area contributed by atoms with Crippen LogP contribution in [-0.4, -0.2) is 0 Å². The molecule has 0 radical (unpaired) electrons.